The predicted molar refractivity (Wildman–Crippen MR) is 75.9 cm³/mol. The normalized spacial score (nSPS) is 17.8. The van der Waals surface area contributed by atoms with Gasteiger partial charge in [-0.2, -0.15) is 13.2 Å². The van der Waals surface area contributed by atoms with E-state index in [1.165, 1.54) is 50.7 Å². The lowest BCUT2D eigenvalue weighted by molar-refractivity contribution is -0.137. The second-order valence-corrected chi connectivity index (χ2v) is 5.77. The number of hydrogen-bond donors (Lipinski definition) is 1. The van der Waals surface area contributed by atoms with Crippen LogP contribution < -0.4 is 5.32 Å². The summed E-state index contributed by atoms with van der Waals surface area (Å²) < 4.78 is 38.2. The summed E-state index contributed by atoms with van der Waals surface area (Å²) in [5.41, 5.74) is 0.905. The van der Waals surface area contributed by atoms with Crippen LogP contribution in [0.5, 0.6) is 0 Å². The summed E-state index contributed by atoms with van der Waals surface area (Å²) in [6.45, 7) is 2.62. The van der Waals surface area contributed by atoms with E-state index in [0.717, 1.165) is 18.2 Å². The Morgan fingerprint density at radius 2 is 1.75 bits per heavy atom. The van der Waals surface area contributed by atoms with E-state index in [2.05, 4.69) is 5.32 Å². The zero-order valence-electron chi connectivity index (χ0n) is 11.9. The number of halogens is 3. The maximum atomic E-state index is 12.7. The van der Waals surface area contributed by atoms with Gasteiger partial charge >= 0.3 is 6.18 Å². The van der Waals surface area contributed by atoms with Gasteiger partial charge in [-0.1, -0.05) is 31.7 Å². The van der Waals surface area contributed by atoms with Crippen LogP contribution in [0.2, 0.25) is 0 Å². The number of rotatable bonds is 3. The van der Waals surface area contributed by atoms with Gasteiger partial charge in [0.15, 0.2) is 0 Å². The van der Waals surface area contributed by atoms with E-state index >= 15 is 0 Å². The van der Waals surface area contributed by atoms with Gasteiger partial charge in [0.05, 0.1) is 5.56 Å². The molecule has 1 fully saturated rings. The van der Waals surface area contributed by atoms with Gasteiger partial charge in [0, 0.05) is 12.2 Å². The van der Waals surface area contributed by atoms with Crippen LogP contribution in [-0.4, -0.2) is 6.54 Å². The molecule has 1 aliphatic rings. The minimum atomic E-state index is -4.27. The molecule has 112 valence electrons. The molecule has 0 saturated heterocycles. The molecule has 0 bridgehead atoms. The summed E-state index contributed by atoms with van der Waals surface area (Å²) in [6.07, 6.45) is 3.17. The molecular weight excluding hydrogens is 263 g/mol. The smallest absolute Gasteiger partial charge is 0.385 e. The van der Waals surface area contributed by atoms with Gasteiger partial charge in [0.1, 0.15) is 0 Å². The van der Waals surface area contributed by atoms with Gasteiger partial charge in [-0.05, 0) is 43.4 Å². The van der Waals surface area contributed by atoms with Crippen LogP contribution in [-0.2, 0) is 6.18 Å². The van der Waals surface area contributed by atoms with E-state index in [4.69, 9.17) is 0 Å². The van der Waals surface area contributed by atoms with E-state index in [-0.39, 0.29) is 0 Å². The third-order valence-corrected chi connectivity index (χ3v) is 4.12. The Hall–Kier alpha value is -1.19. The maximum absolute atomic E-state index is 12.7. The molecule has 0 atom stereocenters. The lowest BCUT2D eigenvalue weighted by atomic mass is 10.00. The second-order valence-electron chi connectivity index (χ2n) is 5.77. The average molecular weight is 285 g/mol. The number of hydrogen-bond acceptors (Lipinski definition) is 1. The van der Waals surface area contributed by atoms with Crippen molar-refractivity contribution in [1.29, 1.82) is 0 Å². The zero-order valence-corrected chi connectivity index (χ0v) is 11.9. The Kier molecular flexibility index (Phi) is 4.95. The van der Waals surface area contributed by atoms with Crippen molar-refractivity contribution in [2.75, 3.05) is 11.9 Å². The summed E-state index contributed by atoms with van der Waals surface area (Å²) in [6, 6.07) is 3.91. The highest BCUT2D eigenvalue weighted by atomic mass is 19.4. The highest BCUT2D eigenvalue weighted by Crippen LogP contribution is 2.32. The van der Waals surface area contributed by atoms with Crippen LogP contribution in [0.25, 0.3) is 0 Å². The fourth-order valence-corrected chi connectivity index (χ4v) is 2.81. The van der Waals surface area contributed by atoms with E-state index in [1.54, 1.807) is 0 Å². The quantitative estimate of drug-likeness (QED) is 0.733. The van der Waals surface area contributed by atoms with Crippen molar-refractivity contribution >= 4 is 5.69 Å². The number of alkyl halides is 3. The SMILES string of the molecule is Cc1ccc(C(F)(F)F)cc1NCC1CCCCCC1. The first kappa shape index (κ1) is 15.2. The number of nitrogens with one attached hydrogen (secondary N) is 1. The molecule has 0 amide bonds. The first-order valence-electron chi connectivity index (χ1n) is 7.38. The highest BCUT2D eigenvalue weighted by Gasteiger charge is 2.30. The van der Waals surface area contributed by atoms with Crippen molar-refractivity contribution < 1.29 is 13.2 Å². The summed E-state index contributed by atoms with van der Waals surface area (Å²) >= 11 is 0. The zero-order chi connectivity index (χ0) is 14.6. The molecule has 1 N–H and O–H groups in total. The van der Waals surface area contributed by atoms with Crippen molar-refractivity contribution in [3.8, 4) is 0 Å². The lowest BCUT2D eigenvalue weighted by Gasteiger charge is -2.18. The molecule has 0 aromatic heterocycles. The summed E-state index contributed by atoms with van der Waals surface area (Å²) in [5.74, 6) is 0.589. The monoisotopic (exact) mass is 285 g/mol. The average Bonchev–Trinajstić information content (AvgIpc) is 2.65. The van der Waals surface area contributed by atoms with Gasteiger partial charge in [0.25, 0.3) is 0 Å². The van der Waals surface area contributed by atoms with Gasteiger partial charge in [0.2, 0.25) is 0 Å². The Morgan fingerprint density at radius 1 is 1.10 bits per heavy atom. The van der Waals surface area contributed by atoms with Gasteiger partial charge in [-0.3, -0.25) is 0 Å². The van der Waals surface area contributed by atoms with Crippen molar-refractivity contribution in [1.82, 2.24) is 0 Å². The fraction of sp³-hybridized carbons (Fsp3) is 0.625. The van der Waals surface area contributed by atoms with E-state index < -0.39 is 11.7 Å². The largest absolute Gasteiger partial charge is 0.416 e. The Balaban J connectivity index is 2.01. The third-order valence-electron chi connectivity index (χ3n) is 4.12. The second kappa shape index (κ2) is 6.51. The third kappa shape index (κ3) is 4.15. The fourth-order valence-electron chi connectivity index (χ4n) is 2.81. The first-order valence-corrected chi connectivity index (χ1v) is 7.38. The van der Waals surface area contributed by atoms with Crippen LogP contribution in [0.3, 0.4) is 0 Å². The minimum Gasteiger partial charge on any atom is -0.385 e. The number of anilines is 1. The molecule has 1 aliphatic carbocycles. The molecule has 0 unspecified atom stereocenters. The highest BCUT2D eigenvalue weighted by molar-refractivity contribution is 5.53. The standard InChI is InChI=1S/C16H22F3N/c1-12-8-9-14(16(17,18)19)10-15(12)20-11-13-6-4-2-3-5-7-13/h8-10,13,20H,2-7,11H2,1H3. The van der Waals surface area contributed by atoms with Gasteiger partial charge in [-0.15, -0.1) is 0 Å². The molecule has 0 aliphatic heterocycles. The van der Waals surface area contributed by atoms with E-state index in [1.807, 2.05) is 6.92 Å². The maximum Gasteiger partial charge on any atom is 0.416 e. The van der Waals surface area contributed by atoms with E-state index in [9.17, 15) is 13.2 Å². The predicted octanol–water partition coefficient (Wildman–Crippen LogP) is 5.40. The van der Waals surface area contributed by atoms with Crippen LogP contribution in [0.15, 0.2) is 18.2 Å². The summed E-state index contributed by atoms with van der Waals surface area (Å²) in [7, 11) is 0. The molecule has 2 rings (SSSR count). The number of benzene rings is 1. The molecular formula is C16H22F3N. The molecule has 20 heavy (non-hydrogen) atoms. The van der Waals surface area contributed by atoms with Crippen molar-refractivity contribution in [3.05, 3.63) is 29.3 Å². The van der Waals surface area contributed by atoms with Crippen molar-refractivity contribution in [3.63, 3.8) is 0 Å². The summed E-state index contributed by atoms with van der Waals surface area (Å²) in [4.78, 5) is 0. The minimum absolute atomic E-state index is 0.577. The Morgan fingerprint density at radius 3 is 2.35 bits per heavy atom. The van der Waals surface area contributed by atoms with Crippen molar-refractivity contribution in [2.45, 2.75) is 51.6 Å². The molecule has 1 nitrogen and oxygen atoms in total. The van der Waals surface area contributed by atoms with Crippen LogP contribution in [0.1, 0.15) is 49.7 Å². The molecule has 0 spiro atoms. The van der Waals surface area contributed by atoms with Gasteiger partial charge in [-0.25, -0.2) is 0 Å². The molecule has 1 aromatic carbocycles. The van der Waals surface area contributed by atoms with Crippen LogP contribution >= 0.6 is 0 Å². The molecule has 1 saturated carbocycles. The van der Waals surface area contributed by atoms with Crippen molar-refractivity contribution in [2.24, 2.45) is 5.92 Å². The lowest BCUT2D eigenvalue weighted by Crippen LogP contribution is -2.15. The molecule has 0 radical (unpaired) electrons. The summed E-state index contributed by atoms with van der Waals surface area (Å²) in [5, 5.41) is 3.22. The number of aryl methyl sites for hydroxylation is 1. The van der Waals surface area contributed by atoms with Crippen LogP contribution in [0, 0.1) is 12.8 Å². The molecule has 1 aromatic rings. The molecule has 0 heterocycles. The topological polar surface area (TPSA) is 12.0 Å². The molecule has 4 heteroatoms. The Labute approximate surface area is 118 Å². The van der Waals surface area contributed by atoms with Gasteiger partial charge < -0.3 is 5.32 Å². The first-order chi connectivity index (χ1) is 9.47. The van der Waals surface area contributed by atoms with E-state index in [0.29, 0.717) is 11.6 Å². The Bertz CT molecular complexity index is 432. The van der Waals surface area contributed by atoms with Crippen LogP contribution in [0.4, 0.5) is 18.9 Å².